The van der Waals surface area contributed by atoms with E-state index in [2.05, 4.69) is 5.32 Å². The van der Waals surface area contributed by atoms with Gasteiger partial charge in [-0.05, 0) is 19.4 Å². The number of rotatable bonds is 5. The number of ether oxygens (including phenoxy) is 1. The second-order valence-electron chi connectivity index (χ2n) is 3.96. The molecule has 0 fully saturated rings. The van der Waals surface area contributed by atoms with Gasteiger partial charge in [-0.15, -0.1) is 0 Å². The Morgan fingerprint density at radius 3 is 2.53 bits per heavy atom. The number of esters is 1. The molecule has 100 valence electrons. The lowest BCUT2D eigenvalue weighted by Gasteiger charge is -2.15. The summed E-state index contributed by atoms with van der Waals surface area (Å²) in [5.74, 6) is -1.95. The zero-order valence-corrected chi connectivity index (χ0v) is 10.9. The van der Waals surface area contributed by atoms with E-state index in [1.807, 2.05) is 6.07 Å². The van der Waals surface area contributed by atoms with E-state index in [1.54, 1.807) is 37.3 Å². The Labute approximate surface area is 112 Å². The molecule has 0 aliphatic rings. The molecule has 0 spiro atoms. The van der Waals surface area contributed by atoms with E-state index in [4.69, 9.17) is 10.00 Å². The Kier molecular flexibility index (Phi) is 5.55. The van der Waals surface area contributed by atoms with Gasteiger partial charge in [0.2, 0.25) is 5.91 Å². The van der Waals surface area contributed by atoms with E-state index < -0.39 is 23.8 Å². The lowest BCUT2D eigenvalue weighted by molar-refractivity contribution is -0.146. The normalized spacial score (nSPS) is 12.9. The van der Waals surface area contributed by atoms with Crippen LogP contribution in [0.25, 0.3) is 0 Å². The first kappa shape index (κ1) is 14.7. The smallest absolute Gasteiger partial charge is 0.328 e. The van der Waals surface area contributed by atoms with Gasteiger partial charge in [0, 0.05) is 0 Å². The molecule has 0 aromatic heterocycles. The second kappa shape index (κ2) is 7.17. The molecule has 0 radical (unpaired) electrons. The molecule has 0 aliphatic carbocycles. The number of carbonyl (C=O) groups is 2. The quantitative estimate of drug-likeness (QED) is 0.811. The predicted octanol–water partition coefficient (Wildman–Crippen LogP) is 1.36. The fourth-order valence-electron chi connectivity index (χ4n) is 1.55. The standard InChI is InChI=1S/C14H16N2O3/c1-3-19-14(18)10(2)16-13(17)12(9-15)11-7-5-4-6-8-11/h4-8,10,12H,3H2,1-2H3,(H,16,17). The van der Waals surface area contributed by atoms with Gasteiger partial charge < -0.3 is 10.1 Å². The fraction of sp³-hybridized carbons (Fsp3) is 0.357. The van der Waals surface area contributed by atoms with Crippen LogP contribution in [0.1, 0.15) is 25.3 Å². The number of amides is 1. The number of hydrogen-bond donors (Lipinski definition) is 1. The van der Waals surface area contributed by atoms with Crippen LogP contribution in [-0.2, 0) is 14.3 Å². The summed E-state index contributed by atoms with van der Waals surface area (Å²) in [6.07, 6.45) is 0. The van der Waals surface area contributed by atoms with Crippen LogP contribution >= 0.6 is 0 Å². The van der Waals surface area contributed by atoms with Crippen LogP contribution in [0.3, 0.4) is 0 Å². The van der Waals surface area contributed by atoms with Crippen LogP contribution in [-0.4, -0.2) is 24.5 Å². The van der Waals surface area contributed by atoms with Crippen molar-refractivity contribution in [2.24, 2.45) is 0 Å². The van der Waals surface area contributed by atoms with Crippen molar-refractivity contribution in [3.63, 3.8) is 0 Å². The zero-order chi connectivity index (χ0) is 14.3. The molecule has 5 heteroatoms. The van der Waals surface area contributed by atoms with Gasteiger partial charge in [-0.2, -0.15) is 5.26 Å². The summed E-state index contributed by atoms with van der Waals surface area (Å²) in [4.78, 5) is 23.4. The van der Waals surface area contributed by atoms with Crippen LogP contribution in [0.15, 0.2) is 30.3 Å². The van der Waals surface area contributed by atoms with E-state index >= 15 is 0 Å². The van der Waals surface area contributed by atoms with Crippen LogP contribution < -0.4 is 5.32 Å². The molecule has 0 bridgehead atoms. The van der Waals surface area contributed by atoms with Gasteiger partial charge in [-0.25, -0.2) is 4.79 Å². The summed E-state index contributed by atoms with van der Waals surface area (Å²) in [5.41, 5.74) is 0.596. The van der Waals surface area contributed by atoms with E-state index in [0.717, 1.165) is 0 Å². The Hall–Kier alpha value is -2.35. The third kappa shape index (κ3) is 4.11. The molecule has 0 aliphatic heterocycles. The summed E-state index contributed by atoms with van der Waals surface area (Å²) in [7, 11) is 0. The Balaban J connectivity index is 2.71. The van der Waals surface area contributed by atoms with Crippen molar-refractivity contribution in [2.45, 2.75) is 25.8 Å². The maximum absolute atomic E-state index is 12.0. The molecule has 0 saturated heterocycles. The number of nitriles is 1. The summed E-state index contributed by atoms with van der Waals surface area (Å²) < 4.78 is 4.79. The summed E-state index contributed by atoms with van der Waals surface area (Å²) >= 11 is 0. The average molecular weight is 260 g/mol. The third-order valence-electron chi connectivity index (χ3n) is 2.52. The van der Waals surface area contributed by atoms with Gasteiger partial charge in [0.05, 0.1) is 12.7 Å². The number of nitrogens with one attached hydrogen (secondary N) is 1. The fourth-order valence-corrected chi connectivity index (χ4v) is 1.55. The van der Waals surface area contributed by atoms with E-state index in [-0.39, 0.29) is 6.61 Å². The van der Waals surface area contributed by atoms with E-state index in [9.17, 15) is 9.59 Å². The highest BCUT2D eigenvalue weighted by Crippen LogP contribution is 2.14. The van der Waals surface area contributed by atoms with E-state index in [0.29, 0.717) is 5.56 Å². The molecular weight excluding hydrogens is 244 g/mol. The summed E-state index contributed by atoms with van der Waals surface area (Å²) in [6, 6.07) is 9.86. The zero-order valence-electron chi connectivity index (χ0n) is 10.9. The SMILES string of the molecule is CCOC(=O)C(C)NC(=O)C(C#N)c1ccccc1. The van der Waals surface area contributed by atoms with Crippen LogP contribution in [0.4, 0.5) is 0 Å². The minimum absolute atomic E-state index is 0.249. The molecule has 0 saturated carbocycles. The Bertz CT molecular complexity index is 479. The molecule has 1 aromatic carbocycles. The van der Waals surface area contributed by atoms with Crippen LogP contribution in [0.2, 0.25) is 0 Å². The number of carbonyl (C=O) groups excluding carboxylic acids is 2. The first-order chi connectivity index (χ1) is 9.10. The van der Waals surface area contributed by atoms with Gasteiger partial charge >= 0.3 is 5.97 Å². The number of benzene rings is 1. The van der Waals surface area contributed by atoms with Crippen molar-refractivity contribution in [3.8, 4) is 6.07 Å². The van der Waals surface area contributed by atoms with Gasteiger partial charge in [-0.1, -0.05) is 30.3 Å². The minimum atomic E-state index is -0.932. The third-order valence-corrected chi connectivity index (χ3v) is 2.52. The minimum Gasteiger partial charge on any atom is -0.464 e. The van der Waals surface area contributed by atoms with Gasteiger partial charge in [-0.3, -0.25) is 4.79 Å². The predicted molar refractivity (Wildman–Crippen MR) is 69.0 cm³/mol. The van der Waals surface area contributed by atoms with Gasteiger partial charge in [0.15, 0.2) is 0 Å². The number of nitrogens with zero attached hydrogens (tertiary/aromatic N) is 1. The first-order valence-corrected chi connectivity index (χ1v) is 6.01. The van der Waals surface area contributed by atoms with Crippen molar-refractivity contribution in [3.05, 3.63) is 35.9 Å². The van der Waals surface area contributed by atoms with Crippen LogP contribution in [0.5, 0.6) is 0 Å². The van der Waals surface area contributed by atoms with E-state index in [1.165, 1.54) is 6.92 Å². The summed E-state index contributed by atoms with van der Waals surface area (Å²) in [5, 5.41) is 11.6. The Morgan fingerprint density at radius 1 is 1.37 bits per heavy atom. The highest BCUT2D eigenvalue weighted by molar-refractivity contribution is 5.90. The molecular formula is C14H16N2O3. The van der Waals surface area contributed by atoms with Crippen molar-refractivity contribution in [1.29, 1.82) is 5.26 Å². The van der Waals surface area contributed by atoms with Crippen molar-refractivity contribution < 1.29 is 14.3 Å². The molecule has 2 unspecified atom stereocenters. The monoisotopic (exact) mass is 260 g/mol. The molecule has 1 N–H and O–H groups in total. The largest absolute Gasteiger partial charge is 0.464 e. The number of hydrogen-bond acceptors (Lipinski definition) is 4. The topological polar surface area (TPSA) is 79.2 Å². The molecule has 0 heterocycles. The molecule has 2 atom stereocenters. The summed E-state index contributed by atoms with van der Waals surface area (Å²) in [6.45, 7) is 3.46. The van der Waals surface area contributed by atoms with Gasteiger partial charge in [0.25, 0.3) is 0 Å². The molecule has 1 aromatic rings. The van der Waals surface area contributed by atoms with Crippen LogP contribution in [0, 0.1) is 11.3 Å². The molecule has 1 rings (SSSR count). The first-order valence-electron chi connectivity index (χ1n) is 6.01. The lowest BCUT2D eigenvalue weighted by atomic mass is 9.99. The molecule has 5 nitrogen and oxygen atoms in total. The Morgan fingerprint density at radius 2 is 2.00 bits per heavy atom. The average Bonchev–Trinajstić information content (AvgIpc) is 2.41. The van der Waals surface area contributed by atoms with Crippen molar-refractivity contribution in [1.82, 2.24) is 5.32 Å². The maximum atomic E-state index is 12.0. The maximum Gasteiger partial charge on any atom is 0.328 e. The molecule has 19 heavy (non-hydrogen) atoms. The lowest BCUT2D eigenvalue weighted by Crippen LogP contribution is -2.41. The van der Waals surface area contributed by atoms with Gasteiger partial charge in [0.1, 0.15) is 12.0 Å². The highest BCUT2D eigenvalue weighted by atomic mass is 16.5. The van der Waals surface area contributed by atoms with Crippen molar-refractivity contribution >= 4 is 11.9 Å². The molecule has 1 amide bonds. The van der Waals surface area contributed by atoms with Crippen molar-refractivity contribution in [2.75, 3.05) is 6.61 Å². The highest BCUT2D eigenvalue weighted by Gasteiger charge is 2.24. The second-order valence-corrected chi connectivity index (χ2v) is 3.96.